The molecule has 1 heterocycles. The number of thiocarbonyl (C=S) groups is 1. The topological polar surface area (TPSA) is 68.0 Å². The standard InChI is InChI=1S/C16H19N3OS/c1-3-16(4-2,14(17)21)15(20)19-13-7-5-6-11-8-9-18-10-12(11)13/h5-10H,3-4H2,1-2H3,(H2,17,21)(H,19,20). The summed E-state index contributed by atoms with van der Waals surface area (Å²) in [4.78, 5) is 17.0. The molecule has 0 spiro atoms. The van der Waals surface area contributed by atoms with E-state index < -0.39 is 5.41 Å². The van der Waals surface area contributed by atoms with E-state index in [1.165, 1.54) is 0 Å². The summed E-state index contributed by atoms with van der Waals surface area (Å²) in [5.74, 6) is -0.156. The van der Waals surface area contributed by atoms with Crippen molar-refractivity contribution in [2.75, 3.05) is 5.32 Å². The molecule has 0 unspecified atom stereocenters. The van der Waals surface area contributed by atoms with Crippen molar-refractivity contribution in [3.63, 3.8) is 0 Å². The number of hydrogen-bond donors (Lipinski definition) is 2. The maximum atomic E-state index is 12.7. The van der Waals surface area contributed by atoms with Crippen LogP contribution < -0.4 is 11.1 Å². The van der Waals surface area contributed by atoms with Gasteiger partial charge in [-0.25, -0.2) is 0 Å². The summed E-state index contributed by atoms with van der Waals surface area (Å²) in [7, 11) is 0. The summed E-state index contributed by atoms with van der Waals surface area (Å²) < 4.78 is 0. The Balaban J connectivity index is 2.40. The van der Waals surface area contributed by atoms with E-state index in [0.29, 0.717) is 12.8 Å². The van der Waals surface area contributed by atoms with E-state index in [4.69, 9.17) is 18.0 Å². The highest BCUT2D eigenvalue weighted by Gasteiger charge is 2.38. The lowest BCUT2D eigenvalue weighted by Crippen LogP contribution is -2.45. The first-order valence-corrected chi connectivity index (χ1v) is 7.40. The third-order valence-electron chi connectivity index (χ3n) is 4.05. The van der Waals surface area contributed by atoms with Crippen LogP contribution in [-0.2, 0) is 4.79 Å². The van der Waals surface area contributed by atoms with Crippen molar-refractivity contribution in [2.24, 2.45) is 11.1 Å². The molecule has 1 aromatic carbocycles. The summed E-state index contributed by atoms with van der Waals surface area (Å²) >= 11 is 5.12. The number of rotatable bonds is 5. The molecule has 0 saturated carbocycles. The zero-order valence-corrected chi connectivity index (χ0v) is 13.0. The third-order valence-corrected chi connectivity index (χ3v) is 4.44. The van der Waals surface area contributed by atoms with Crippen molar-refractivity contribution < 1.29 is 4.79 Å². The molecule has 1 aromatic heterocycles. The van der Waals surface area contributed by atoms with Crippen LogP contribution in [0.3, 0.4) is 0 Å². The minimum absolute atomic E-state index is 0.156. The van der Waals surface area contributed by atoms with Crippen LogP contribution in [0, 0.1) is 5.41 Å². The Morgan fingerprint density at radius 1 is 1.33 bits per heavy atom. The lowest BCUT2D eigenvalue weighted by molar-refractivity contribution is -0.122. The second kappa shape index (κ2) is 6.18. The van der Waals surface area contributed by atoms with Gasteiger partial charge in [-0.1, -0.05) is 38.2 Å². The number of amides is 1. The van der Waals surface area contributed by atoms with Crippen molar-refractivity contribution in [2.45, 2.75) is 26.7 Å². The van der Waals surface area contributed by atoms with Crippen LogP contribution in [-0.4, -0.2) is 15.9 Å². The largest absolute Gasteiger partial charge is 0.392 e. The van der Waals surface area contributed by atoms with E-state index in [-0.39, 0.29) is 10.9 Å². The van der Waals surface area contributed by atoms with E-state index >= 15 is 0 Å². The molecule has 0 aliphatic rings. The highest BCUT2D eigenvalue weighted by molar-refractivity contribution is 7.80. The number of anilines is 1. The summed E-state index contributed by atoms with van der Waals surface area (Å²) in [5.41, 5.74) is 5.74. The highest BCUT2D eigenvalue weighted by atomic mass is 32.1. The SMILES string of the molecule is CCC(CC)(C(=O)Nc1cccc2ccncc12)C(N)=S. The fourth-order valence-corrected chi connectivity index (χ4v) is 2.88. The molecule has 0 aliphatic heterocycles. The molecule has 0 atom stereocenters. The molecule has 21 heavy (non-hydrogen) atoms. The lowest BCUT2D eigenvalue weighted by Gasteiger charge is -2.29. The maximum absolute atomic E-state index is 12.7. The average Bonchev–Trinajstić information content (AvgIpc) is 2.49. The van der Waals surface area contributed by atoms with Crippen LogP contribution in [0.2, 0.25) is 0 Å². The Kier molecular flexibility index (Phi) is 4.53. The van der Waals surface area contributed by atoms with E-state index in [9.17, 15) is 4.79 Å². The quantitative estimate of drug-likeness (QED) is 0.832. The number of nitrogens with two attached hydrogens (primary N) is 1. The predicted octanol–water partition coefficient (Wildman–Crippen LogP) is 3.27. The minimum Gasteiger partial charge on any atom is -0.392 e. The van der Waals surface area contributed by atoms with Gasteiger partial charge in [-0.2, -0.15) is 0 Å². The van der Waals surface area contributed by atoms with Crippen LogP contribution in [0.25, 0.3) is 10.8 Å². The van der Waals surface area contributed by atoms with Gasteiger partial charge in [-0.05, 0) is 30.4 Å². The molecule has 110 valence electrons. The van der Waals surface area contributed by atoms with Gasteiger partial charge >= 0.3 is 0 Å². The number of carbonyl (C=O) groups is 1. The number of carbonyl (C=O) groups excluding carboxylic acids is 1. The molecule has 2 aromatic rings. The van der Waals surface area contributed by atoms with Gasteiger partial charge in [-0.3, -0.25) is 9.78 Å². The lowest BCUT2D eigenvalue weighted by atomic mass is 9.81. The van der Waals surface area contributed by atoms with E-state index in [1.54, 1.807) is 12.4 Å². The fourth-order valence-electron chi connectivity index (χ4n) is 2.50. The molecule has 2 rings (SSSR count). The van der Waals surface area contributed by atoms with Crippen molar-refractivity contribution in [3.8, 4) is 0 Å². The maximum Gasteiger partial charge on any atom is 0.237 e. The normalized spacial score (nSPS) is 11.3. The van der Waals surface area contributed by atoms with Crippen molar-refractivity contribution in [1.82, 2.24) is 4.98 Å². The molecule has 0 radical (unpaired) electrons. The summed E-state index contributed by atoms with van der Waals surface area (Å²) in [5, 5.41) is 4.89. The Morgan fingerprint density at radius 3 is 2.67 bits per heavy atom. The zero-order chi connectivity index (χ0) is 15.5. The van der Waals surface area contributed by atoms with Crippen LogP contribution >= 0.6 is 12.2 Å². The van der Waals surface area contributed by atoms with Crippen LogP contribution in [0.5, 0.6) is 0 Å². The summed E-state index contributed by atoms with van der Waals surface area (Å²) in [6, 6.07) is 7.65. The summed E-state index contributed by atoms with van der Waals surface area (Å²) in [6.45, 7) is 3.85. The number of nitrogens with one attached hydrogen (secondary N) is 1. The number of aromatic nitrogens is 1. The Bertz CT molecular complexity index is 675. The molecule has 0 bridgehead atoms. The number of fused-ring (bicyclic) bond motifs is 1. The number of benzene rings is 1. The van der Waals surface area contributed by atoms with Gasteiger partial charge in [0.15, 0.2) is 0 Å². The number of nitrogens with zero attached hydrogens (tertiary/aromatic N) is 1. The van der Waals surface area contributed by atoms with Crippen molar-refractivity contribution >= 4 is 39.6 Å². The second-order valence-corrected chi connectivity index (χ2v) is 5.45. The van der Waals surface area contributed by atoms with E-state index in [0.717, 1.165) is 16.5 Å². The smallest absolute Gasteiger partial charge is 0.237 e. The molecular formula is C16H19N3OS. The monoisotopic (exact) mass is 301 g/mol. The van der Waals surface area contributed by atoms with Gasteiger partial charge in [0.1, 0.15) is 0 Å². The molecule has 5 heteroatoms. The Hall–Kier alpha value is -2.01. The Labute approximate surface area is 129 Å². The van der Waals surface area contributed by atoms with Gasteiger partial charge in [-0.15, -0.1) is 0 Å². The van der Waals surface area contributed by atoms with Gasteiger partial charge < -0.3 is 11.1 Å². The zero-order valence-electron chi connectivity index (χ0n) is 12.2. The first kappa shape index (κ1) is 15.4. The van der Waals surface area contributed by atoms with Gasteiger partial charge in [0.25, 0.3) is 0 Å². The molecule has 1 amide bonds. The number of hydrogen-bond acceptors (Lipinski definition) is 3. The molecular weight excluding hydrogens is 282 g/mol. The highest BCUT2D eigenvalue weighted by Crippen LogP contribution is 2.30. The fraction of sp³-hybridized carbons (Fsp3) is 0.312. The second-order valence-electron chi connectivity index (χ2n) is 5.01. The van der Waals surface area contributed by atoms with Crippen LogP contribution in [0.15, 0.2) is 36.7 Å². The third kappa shape index (κ3) is 2.74. The van der Waals surface area contributed by atoms with Crippen LogP contribution in [0.1, 0.15) is 26.7 Å². The van der Waals surface area contributed by atoms with Gasteiger partial charge in [0.05, 0.1) is 16.1 Å². The van der Waals surface area contributed by atoms with Gasteiger partial charge in [0.2, 0.25) is 5.91 Å². The van der Waals surface area contributed by atoms with Crippen molar-refractivity contribution in [1.29, 1.82) is 0 Å². The number of pyridine rings is 1. The van der Waals surface area contributed by atoms with Crippen LogP contribution in [0.4, 0.5) is 5.69 Å². The average molecular weight is 301 g/mol. The first-order chi connectivity index (χ1) is 10.0. The Morgan fingerprint density at radius 2 is 2.05 bits per heavy atom. The predicted molar refractivity (Wildman–Crippen MR) is 90.2 cm³/mol. The molecule has 0 fully saturated rings. The minimum atomic E-state index is -0.806. The van der Waals surface area contributed by atoms with E-state index in [1.807, 2.05) is 38.1 Å². The van der Waals surface area contributed by atoms with Gasteiger partial charge in [0, 0.05) is 17.8 Å². The first-order valence-electron chi connectivity index (χ1n) is 6.99. The molecule has 0 aliphatic carbocycles. The molecule has 0 saturated heterocycles. The van der Waals surface area contributed by atoms with Crippen molar-refractivity contribution in [3.05, 3.63) is 36.7 Å². The van der Waals surface area contributed by atoms with E-state index in [2.05, 4.69) is 10.3 Å². The molecule has 4 nitrogen and oxygen atoms in total. The molecule has 3 N–H and O–H groups in total. The summed E-state index contributed by atoms with van der Waals surface area (Å²) in [6.07, 6.45) is 4.62.